The Morgan fingerprint density at radius 3 is 2.68 bits per heavy atom. The number of pyridine rings is 1. The van der Waals surface area contributed by atoms with E-state index >= 15 is 0 Å². The van der Waals surface area contributed by atoms with Gasteiger partial charge in [0.25, 0.3) is 0 Å². The minimum absolute atomic E-state index is 0.187. The molecule has 0 saturated heterocycles. The van der Waals surface area contributed by atoms with Gasteiger partial charge in [-0.2, -0.15) is 0 Å². The van der Waals surface area contributed by atoms with Crippen molar-refractivity contribution < 1.29 is 9.47 Å². The van der Waals surface area contributed by atoms with Gasteiger partial charge in [0.15, 0.2) is 5.72 Å². The van der Waals surface area contributed by atoms with Crippen LogP contribution in [0.25, 0.3) is 0 Å². The second-order valence-electron chi connectivity index (χ2n) is 4.52. The molecule has 0 aliphatic carbocycles. The number of nitrogens with zero attached hydrogens (tertiary/aromatic N) is 1. The fraction of sp³-hybridized carbons (Fsp3) is 0.500. The van der Waals surface area contributed by atoms with Crippen LogP contribution in [0.3, 0.4) is 0 Å². The second kappa shape index (κ2) is 6.89. The number of aromatic nitrogens is 1. The number of ether oxygens (including phenoxy) is 2. The van der Waals surface area contributed by atoms with E-state index in [2.05, 4.69) is 10.3 Å². The molecule has 1 unspecified atom stereocenters. The first-order chi connectivity index (χ1) is 8.91. The highest BCUT2D eigenvalue weighted by molar-refractivity contribution is 6.30. The van der Waals surface area contributed by atoms with Gasteiger partial charge < -0.3 is 14.8 Å². The van der Waals surface area contributed by atoms with E-state index in [9.17, 15) is 0 Å². The number of anilines is 1. The molecule has 1 aromatic rings. The number of hydrogen-bond donors (Lipinski definition) is 1. The molecular formula is C14H21ClN2O2. The van der Waals surface area contributed by atoms with E-state index in [1.165, 1.54) is 0 Å². The molecule has 0 bridgehead atoms. The van der Waals surface area contributed by atoms with Gasteiger partial charge in [0.05, 0.1) is 0 Å². The van der Waals surface area contributed by atoms with Gasteiger partial charge >= 0.3 is 0 Å². The first kappa shape index (κ1) is 16.0. The summed E-state index contributed by atoms with van der Waals surface area (Å²) in [5.74, 6) is 0.671. The summed E-state index contributed by atoms with van der Waals surface area (Å²) in [6.07, 6.45) is 3.81. The van der Waals surface area contributed by atoms with Crippen LogP contribution in [-0.2, 0) is 9.47 Å². The normalized spacial score (nSPS) is 14.6. The molecule has 4 nitrogen and oxygen atoms in total. The Labute approximate surface area is 119 Å². The van der Waals surface area contributed by atoms with Crippen LogP contribution in [0, 0.1) is 13.8 Å². The van der Waals surface area contributed by atoms with Gasteiger partial charge in [-0.3, -0.25) is 0 Å². The van der Waals surface area contributed by atoms with Crippen LogP contribution in [0.5, 0.6) is 0 Å². The summed E-state index contributed by atoms with van der Waals surface area (Å²) in [4.78, 5) is 4.31. The van der Waals surface area contributed by atoms with Crippen molar-refractivity contribution in [2.24, 2.45) is 0 Å². The van der Waals surface area contributed by atoms with Crippen molar-refractivity contribution in [3.63, 3.8) is 0 Å². The number of rotatable bonds is 6. The van der Waals surface area contributed by atoms with E-state index in [0.29, 0.717) is 11.0 Å². The summed E-state index contributed by atoms with van der Waals surface area (Å²) in [6.45, 7) is 7.96. The highest BCUT2D eigenvalue weighted by Gasteiger charge is 2.22. The number of nitrogens with one attached hydrogen (secondary N) is 1. The lowest BCUT2D eigenvalue weighted by Gasteiger charge is -2.28. The fourth-order valence-corrected chi connectivity index (χ4v) is 1.88. The predicted octanol–water partition coefficient (Wildman–Crippen LogP) is 3.68. The predicted molar refractivity (Wildman–Crippen MR) is 78.5 cm³/mol. The van der Waals surface area contributed by atoms with Crippen molar-refractivity contribution in [2.75, 3.05) is 19.2 Å². The lowest BCUT2D eigenvalue weighted by Crippen LogP contribution is -2.36. The molecule has 5 heteroatoms. The molecule has 106 valence electrons. The van der Waals surface area contributed by atoms with Crippen LogP contribution < -0.4 is 5.32 Å². The number of hydrogen-bond acceptors (Lipinski definition) is 4. The Hall–Kier alpha value is -1.10. The van der Waals surface area contributed by atoms with Crippen molar-refractivity contribution in [1.82, 2.24) is 4.98 Å². The first-order valence-electron chi connectivity index (χ1n) is 6.10. The molecule has 0 saturated carbocycles. The smallest absolute Gasteiger partial charge is 0.159 e. The molecule has 1 atom stereocenters. The second-order valence-corrected chi connectivity index (χ2v) is 4.88. The van der Waals surface area contributed by atoms with Crippen molar-refractivity contribution in [3.8, 4) is 0 Å². The molecule has 1 aromatic heterocycles. The molecule has 1 heterocycles. The molecule has 0 amide bonds. The Bertz CT molecular complexity index is 440. The van der Waals surface area contributed by atoms with E-state index in [4.69, 9.17) is 21.1 Å². The average molecular weight is 285 g/mol. The van der Waals surface area contributed by atoms with Gasteiger partial charge in [0.2, 0.25) is 0 Å². The topological polar surface area (TPSA) is 43.4 Å². The van der Waals surface area contributed by atoms with Crippen LogP contribution in [0.15, 0.2) is 18.2 Å². The lowest BCUT2D eigenvalue weighted by molar-refractivity contribution is -0.0880. The summed E-state index contributed by atoms with van der Waals surface area (Å²) in [5.41, 5.74) is 1.37. The molecule has 0 aromatic carbocycles. The SMILES string of the molecule is C/C=C\C(C)(Nc1cc(C)c(C)c(Cl)n1)OCOC. The fourth-order valence-electron chi connectivity index (χ4n) is 1.64. The summed E-state index contributed by atoms with van der Waals surface area (Å²) in [7, 11) is 1.58. The van der Waals surface area contributed by atoms with E-state index in [0.717, 1.165) is 11.1 Å². The van der Waals surface area contributed by atoms with Gasteiger partial charge in [0.1, 0.15) is 17.8 Å². The van der Waals surface area contributed by atoms with E-state index in [1.807, 2.05) is 45.9 Å². The Morgan fingerprint density at radius 1 is 1.47 bits per heavy atom. The van der Waals surface area contributed by atoms with E-state index in [1.54, 1.807) is 7.11 Å². The van der Waals surface area contributed by atoms with Crippen LogP contribution in [0.2, 0.25) is 5.15 Å². The van der Waals surface area contributed by atoms with Gasteiger partial charge in [0, 0.05) is 7.11 Å². The average Bonchev–Trinajstić information content (AvgIpc) is 2.34. The van der Waals surface area contributed by atoms with Crippen LogP contribution in [0.1, 0.15) is 25.0 Å². The highest BCUT2D eigenvalue weighted by Crippen LogP contribution is 2.23. The standard InChI is InChI=1S/C14H21ClN2O2/c1-6-7-14(4,19-9-18-5)17-12-8-10(2)11(3)13(15)16-12/h6-8H,9H2,1-5H3,(H,16,17)/b7-6-. The van der Waals surface area contributed by atoms with Gasteiger partial charge in [-0.25, -0.2) is 4.98 Å². The molecule has 0 aliphatic heterocycles. The highest BCUT2D eigenvalue weighted by atomic mass is 35.5. The largest absolute Gasteiger partial charge is 0.359 e. The van der Waals surface area contributed by atoms with Crippen LogP contribution >= 0.6 is 11.6 Å². The third kappa shape index (κ3) is 4.49. The maximum absolute atomic E-state index is 6.09. The maximum atomic E-state index is 6.09. The van der Waals surface area contributed by atoms with Crippen molar-refractivity contribution in [1.29, 1.82) is 0 Å². The maximum Gasteiger partial charge on any atom is 0.159 e. The van der Waals surface area contributed by atoms with Gasteiger partial charge in [-0.05, 0) is 51.0 Å². The number of aryl methyl sites for hydroxylation is 1. The third-order valence-electron chi connectivity index (χ3n) is 2.81. The summed E-state index contributed by atoms with van der Waals surface area (Å²) in [5, 5.41) is 3.71. The lowest BCUT2D eigenvalue weighted by atomic mass is 10.1. The number of methoxy groups -OCH3 is 1. The molecule has 0 aliphatic rings. The van der Waals surface area contributed by atoms with Crippen LogP contribution in [0.4, 0.5) is 5.82 Å². The molecular weight excluding hydrogens is 264 g/mol. The van der Waals surface area contributed by atoms with Crippen molar-refractivity contribution in [3.05, 3.63) is 34.5 Å². The molecule has 0 fully saturated rings. The first-order valence-corrected chi connectivity index (χ1v) is 6.48. The Kier molecular flexibility index (Phi) is 5.79. The van der Waals surface area contributed by atoms with Crippen molar-refractivity contribution in [2.45, 2.75) is 33.4 Å². The van der Waals surface area contributed by atoms with Gasteiger partial charge in [-0.1, -0.05) is 17.7 Å². The summed E-state index contributed by atoms with van der Waals surface area (Å²) in [6, 6.07) is 1.94. The minimum Gasteiger partial charge on any atom is -0.359 e. The summed E-state index contributed by atoms with van der Waals surface area (Å²) < 4.78 is 10.6. The Morgan fingerprint density at radius 2 is 2.16 bits per heavy atom. The molecule has 1 rings (SSSR count). The van der Waals surface area contributed by atoms with E-state index in [-0.39, 0.29) is 6.79 Å². The molecule has 0 spiro atoms. The van der Waals surface area contributed by atoms with E-state index < -0.39 is 5.72 Å². The summed E-state index contributed by atoms with van der Waals surface area (Å²) >= 11 is 6.09. The molecule has 1 N–H and O–H groups in total. The van der Waals surface area contributed by atoms with Gasteiger partial charge in [-0.15, -0.1) is 0 Å². The zero-order valence-electron chi connectivity index (χ0n) is 12.1. The van der Waals surface area contributed by atoms with Crippen LogP contribution in [-0.4, -0.2) is 24.6 Å². The molecule has 19 heavy (non-hydrogen) atoms. The monoisotopic (exact) mass is 284 g/mol. The number of halogens is 1. The Balaban J connectivity index is 2.96. The zero-order chi connectivity index (χ0) is 14.5. The minimum atomic E-state index is -0.692. The molecule has 0 radical (unpaired) electrons. The number of allylic oxidation sites excluding steroid dienone is 1. The third-order valence-corrected chi connectivity index (χ3v) is 3.18. The zero-order valence-corrected chi connectivity index (χ0v) is 12.8. The quantitative estimate of drug-likeness (QED) is 0.492. The van der Waals surface area contributed by atoms with Crippen molar-refractivity contribution >= 4 is 17.4 Å².